The third kappa shape index (κ3) is 5.82. The van der Waals surface area contributed by atoms with Crippen LogP contribution in [0.15, 0.2) is 65.0 Å². The van der Waals surface area contributed by atoms with Gasteiger partial charge in [0, 0.05) is 40.3 Å². The molecule has 174 valence electrons. The highest BCUT2D eigenvalue weighted by Gasteiger charge is 2.23. The molecule has 2 aromatic carbocycles. The minimum Gasteiger partial charge on any atom is -0.477 e. The molecule has 0 bridgehead atoms. The Kier molecular flexibility index (Phi) is 8.36. The van der Waals surface area contributed by atoms with Gasteiger partial charge in [0.05, 0.1) is 17.9 Å². The fraction of sp³-hybridized carbons (Fsp3) is 0.154. The number of nitrogens with zero attached hydrogens (tertiary/aromatic N) is 4. The van der Waals surface area contributed by atoms with E-state index >= 15 is 0 Å². The number of rotatable bonds is 9. The smallest absolute Gasteiger partial charge is 0.233 e. The summed E-state index contributed by atoms with van der Waals surface area (Å²) in [6.45, 7) is 0.171. The Morgan fingerprint density at radius 3 is 2.40 bits per heavy atom. The standard InChI is InChI=1S/C26H19ClN4O2S2/c27-19-9-7-18(8-10-19)25-30-20(15-34-25)16-35-26-22(14-29)23(17-5-2-1-3-6-17)21(13-28)24(31-26)33-12-4-11-32/h1-3,5-10,15,32H,4,11-12,16H2. The van der Waals surface area contributed by atoms with Gasteiger partial charge in [-0.15, -0.1) is 11.3 Å². The number of benzene rings is 2. The van der Waals surface area contributed by atoms with Gasteiger partial charge in [-0.3, -0.25) is 0 Å². The maximum Gasteiger partial charge on any atom is 0.233 e. The van der Waals surface area contributed by atoms with E-state index in [0.29, 0.717) is 33.3 Å². The van der Waals surface area contributed by atoms with E-state index in [2.05, 4.69) is 17.1 Å². The van der Waals surface area contributed by atoms with Crippen LogP contribution in [0.5, 0.6) is 5.88 Å². The van der Waals surface area contributed by atoms with Crippen molar-refractivity contribution in [1.82, 2.24) is 9.97 Å². The maximum absolute atomic E-state index is 10.0. The summed E-state index contributed by atoms with van der Waals surface area (Å²) in [5.74, 6) is 0.642. The molecule has 4 aromatic rings. The van der Waals surface area contributed by atoms with Crippen LogP contribution in [0.2, 0.25) is 5.02 Å². The second kappa shape index (κ2) is 11.8. The van der Waals surface area contributed by atoms with Gasteiger partial charge in [0.25, 0.3) is 0 Å². The van der Waals surface area contributed by atoms with E-state index < -0.39 is 0 Å². The van der Waals surface area contributed by atoms with Gasteiger partial charge in [-0.1, -0.05) is 65.8 Å². The van der Waals surface area contributed by atoms with Crippen molar-refractivity contribution in [2.75, 3.05) is 13.2 Å². The number of aliphatic hydroxyl groups excluding tert-OH is 1. The monoisotopic (exact) mass is 518 g/mol. The van der Waals surface area contributed by atoms with Gasteiger partial charge in [-0.05, 0) is 17.7 Å². The molecule has 6 nitrogen and oxygen atoms in total. The van der Waals surface area contributed by atoms with Crippen LogP contribution in [0.1, 0.15) is 23.2 Å². The van der Waals surface area contributed by atoms with Gasteiger partial charge >= 0.3 is 0 Å². The molecule has 0 radical (unpaired) electrons. The fourth-order valence-corrected chi connectivity index (χ4v) is 5.26. The lowest BCUT2D eigenvalue weighted by atomic mass is 9.97. The highest BCUT2D eigenvalue weighted by molar-refractivity contribution is 7.98. The van der Waals surface area contributed by atoms with Crippen LogP contribution in [-0.4, -0.2) is 28.3 Å². The third-order valence-electron chi connectivity index (χ3n) is 4.96. The van der Waals surface area contributed by atoms with E-state index in [-0.39, 0.29) is 24.7 Å². The number of halogens is 1. The summed E-state index contributed by atoms with van der Waals surface area (Å²) >= 11 is 8.89. The van der Waals surface area contributed by atoms with Crippen molar-refractivity contribution in [2.45, 2.75) is 17.2 Å². The molecular weight excluding hydrogens is 500 g/mol. The fourth-order valence-electron chi connectivity index (χ4n) is 3.33. The topological polar surface area (TPSA) is 103 Å². The molecule has 1 N–H and O–H groups in total. The lowest BCUT2D eigenvalue weighted by Gasteiger charge is -2.15. The summed E-state index contributed by atoms with van der Waals surface area (Å²) in [4.78, 5) is 9.25. The zero-order valence-electron chi connectivity index (χ0n) is 18.4. The van der Waals surface area contributed by atoms with Gasteiger partial charge < -0.3 is 9.84 Å². The Morgan fingerprint density at radius 2 is 1.71 bits per heavy atom. The Balaban J connectivity index is 1.69. The molecule has 0 spiro atoms. The number of ether oxygens (including phenoxy) is 1. The van der Waals surface area contributed by atoms with Crippen LogP contribution in [-0.2, 0) is 5.75 Å². The minimum absolute atomic E-state index is 0.0366. The normalized spacial score (nSPS) is 10.5. The number of aliphatic hydroxyl groups is 1. The van der Waals surface area contributed by atoms with E-state index in [9.17, 15) is 10.5 Å². The number of aromatic nitrogens is 2. The zero-order chi connectivity index (χ0) is 24.6. The third-order valence-corrected chi connectivity index (χ3v) is 7.16. The molecule has 2 heterocycles. The predicted molar refractivity (Wildman–Crippen MR) is 138 cm³/mol. The van der Waals surface area contributed by atoms with E-state index in [1.165, 1.54) is 23.1 Å². The van der Waals surface area contributed by atoms with E-state index in [0.717, 1.165) is 21.8 Å². The molecule has 0 aliphatic carbocycles. The molecule has 0 aliphatic heterocycles. The predicted octanol–water partition coefficient (Wildman–Crippen LogP) is 6.32. The SMILES string of the molecule is N#Cc1c(OCCCO)nc(SCc2csc(-c3ccc(Cl)cc3)n2)c(C#N)c1-c1ccccc1. The summed E-state index contributed by atoms with van der Waals surface area (Å²) in [6, 6.07) is 21.2. The van der Waals surface area contributed by atoms with Gasteiger partial charge in [0.1, 0.15) is 27.7 Å². The molecule has 0 atom stereocenters. The summed E-state index contributed by atoms with van der Waals surface area (Å²) in [5.41, 5.74) is 3.58. The van der Waals surface area contributed by atoms with Crippen molar-refractivity contribution in [2.24, 2.45) is 0 Å². The largest absolute Gasteiger partial charge is 0.477 e. The Morgan fingerprint density at radius 1 is 0.971 bits per heavy atom. The van der Waals surface area contributed by atoms with E-state index in [1.807, 2.05) is 60.0 Å². The molecule has 0 unspecified atom stereocenters. The van der Waals surface area contributed by atoms with Crippen molar-refractivity contribution < 1.29 is 9.84 Å². The lowest BCUT2D eigenvalue weighted by molar-refractivity contribution is 0.228. The van der Waals surface area contributed by atoms with Gasteiger partial charge in [-0.25, -0.2) is 9.97 Å². The molecule has 9 heteroatoms. The number of hydrogen-bond donors (Lipinski definition) is 1. The van der Waals surface area contributed by atoms with Gasteiger partial charge in [0.2, 0.25) is 5.88 Å². The molecule has 0 saturated heterocycles. The van der Waals surface area contributed by atoms with Crippen LogP contribution in [0.4, 0.5) is 0 Å². The highest BCUT2D eigenvalue weighted by atomic mass is 35.5. The van der Waals surface area contributed by atoms with Crippen LogP contribution < -0.4 is 4.74 Å². The Labute approximate surface area is 216 Å². The summed E-state index contributed by atoms with van der Waals surface area (Å²) in [5, 5.41) is 33.1. The molecule has 0 aliphatic rings. The number of thioether (sulfide) groups is 1. The number of pyridine rings is 1. The van der Waals surface area contributed by atoms with Crippen molar-refractivity contribution in [3.63, 3.8) is 0 Å². The number of thiazole rings is 1. The first-order chi connectivity index (χ1) is 17.1. The first-order valence-electron chi connectivity index (χ1n) is 10.6. The molecule has 35 heavy (non-hydrogen) atoms. The lowest BCUT2D eigenvalue weighted by Crippen LogP contribution is -2.06. The molecule has 0 fully saturated rings. The maximum atomic E-state index is 10.0. The Hall–Kier alpha value is -3.40. The summed E-state index contributed by atoms with van der Waals surface area (Å²) in [7, 11) is 0. The van der Waals surface area contributed by atoms with Crippen LogP contribution in [0, 0.1) is 22.7 Å². The zero-order valence-corrected chi connectivity index (χ0v) is 20.8. The number of nitriles is 2. The van der Waals surface area contributed by atoms with Crippen molar-refractivity contribution >= 4 is 34.7 Å². The van der Waals surface area contributed by atoms with Crippen LogP contribution >= 0.6 is 34.7 Å². The van der Waals surface area contributed by atoms with Gasteiger partial charge in [-0.2, -0.15) is 10.5 Å². The van der Waals surface area contributed by atoms with Crippen molar-refractivity contribution in [3.05, 3.63) is 81.8 Å². The quantitative estimate of drug-likeness (QED) is 0.204. The van der Waals surface area contributed by atoms with Crippen molar-refractivity contribution in [3.8, 4) is 39.7 Å². The summed E-state index contributed by atoms with van der Waals surface area (Å²) < 4.78 is 5.75. The highest BCUT2D eigenvalue weighted by Crippen LogP contribution is 2.38. The minimum atomic E-state index is -0.0366. The second-order valence-corrected chi connectivity index (χ2v) is 9.56. The molecule has 0 saturated carbocycles. The van der Waals surface area contributed by atoms with E-state index in [1.54, 1.807) is 0 Å². The second-order valence-electron chi connectivity index (χ2n) is 7.30. The molecule has 0 amide bonds. The summed E-state index contributed by atoms with van der Waals surface area (Å²) in [6.07, 6.45) is 0.405. The molecule has 2 aromatic heterocycles. The number of hydrogen-bond acceptors (Lipinski definition) is 8. The van der Waals surface area contributed by atoms with E-state index in [4.69, 9.17) is 26.4 Å². The average Bonchev–Trinajstić information content (AvgIpc) is 3.37. The average molecular weight is 519 g/mol. The molecule has 4 rings (SSSR count). The van der Waals surface area contributed by atoms with Crippen LogP contribution in [0.3, 0.4) is 0 Å². The van der Waals surface area contributed by atoms with Crippen LogP contribution in [0.25, 0.3) is 21.7 Å². The van der Waals surface area contributed by atoms with Crippen molar-refractivity contribution in [1.29, 1.82) is 10.5 Å². The Bertz CT molecular complexity index is 1390. The molecular formula is C26H19ClN4O2S2. The first-order valence-corrected chi connectivity index (χ1v) is 12.9. The first kappa shape index (κ1) is 24.7. The van der Waals surface area contributed by atoms with Gasteiger partial charge in [0.15, 0.2) is 0 Å².